The van der Waals surface area contributed by atoms with E-state index in [1.807, 2.05) is 30.3 Å². The topological polar surface area (TPSA) is 59.7 Å². The maximum atomic E-state index is 11.9. The van der Waals surface area contributed by atoms with Crippen molar-refractivity contribution in [1.29, 1.82) is 0 Å². The van der Waals surface area contributed by atoms with Gasteiger partial charge in [0.05, 0.1) is 18.3 Å². The van der Waals surface area contributed by atoms with Crippen molar-refractivity contribution >= 4 is 5.97 Å². The first-order chi connectivity index (χ1) is 10.2. The largest absolute Gasteiger partial charge is 0.459 e. The van der Waals surface area contributed by atoms with E-state index in [2.05, 4.69) is 6.58 Å². The number of ether oxygens (including phenoxy) is 1. The number of aliphatic hydroxyl groups excluding tert-OH is 1. The molecule has 2 aromatic rings. The number of hydrogen-bond acceptors (Lipinski definition) is 4. The van der Waals surface area contributed by atoms with Gasteiger partial charge in [0.1, 0.15) is 6.61 Å². The second kappa shape index (κ2) is 6.90. The minimum absolute atomic E-state index is 0.0546. The number of rotatable bonds is 7. The molecule has 0 saturated heterocycles. The van der Waals surface area contributed by atoms with Crippen molar-refractivity contribution in [2.45, 2.75) is 11.8 Å². The van der Waals surface area contributed by atoms with Crippen LogP contribution in [0.4, 0.5) is 0 Å². The Morgan fingerprint density at radius 1 is 1.29 bits per heavy atom. The van der Waals surface area contributed by atoms with Crippen LogP contribution < -0.4 is 0 Å². The summed E-state index contributed by atoms with van der Waals surface area (Å²) in [5.41, 5.74) is 0.213. The van der Waals surface area contributed by atoms with Gasteiger partial charge in [0.25, 0.3) is 0 Å². The van der Waals surface area contributed by atoms with Crippen molar-refractivity contribution in [2.24, 2.45) is 0 Å². The minimum Gasteiger partial charge on any atom is -0.459 e. The average molecular weight is 286 g/mol. The Bertz CT molecular complexity index is 574. The normalized spacial score (nSPS) is 13.4. The average Bonchev–Trinajstić information content (AvgIpc) is 3.06. The molecule has 4 heteroatoms. The third-order valence-electron chi connectivity index (χ3n) is 3.43. The highest BCUT2D eigenvalue weighted by molar-refractivity contribution is 5.86. The Hall–Kier alpha value is -2.33. The molecule has 1 aromatic carbocycles. The van der Waals surface area contributed by atoms with Crippen molar-refractivity contribution in [3.63, 3.8) is 0 Å². The first-order valence-electron chi connectivity index (χ1n) is 6.70. The van der Waals surface area contributed by atoms with E-state index in [1.54, 1.807) is 18.2 Å². The molecule has 110 valence electrons. The predicted molar refractivity (Wildman–Crippen MR) is 79.0 cm³/mol. The van der Waals surface area contributed by atoms with Crippen molar-refractivity contribution in [3.05, 3.63) is 72.7 Å². The van der Waals surface area contributed by atoms with Crippen LogP contribution in [0.25, 0.3) is 0 Å². The fourth-order valence-corrected chi connectivity index (χ4v) is 2.20. The maximum Gasteiger partial charge on any atom is 0.374 e. The summed E-state index contributed by atoms with van der Waals surface area (Å²) < 4.78 is 10.3. The molecular formula is C17H18O4. The number of aliphatic hydroxyl groups is 1. The summed E-state index contributed by atoms with van der Waals surface area (Å²) in [5, 5.41) is 9.84. The molecular weight excluding hydrogens is 268 g/mol. The predicted octanol–water partition coefficient (Wildman–Crippen LogP) is 2.94. The molecule has 0 aliphatic heterocycles. The van der Waals surface area contributed by atoms with Crippen molar-refractivity contribution in [2.75, 3.05) is 13.2 Å². The molecule has 2 rings (SSSR count). The van der Waals surface area contributed by atoms with E-state index in [1.165, 1.54) is 6.26 Å². The zero-order valence-corrected chi connectivity index (χ0v) is 11.7. The molecule has 1 N–H and O–H groups in total. The second-order valence-electron chi connectivity index (χ2n) is 4.85. The van der Waals surface area contributed by atoms with E-state index in [0.717, 1.165) is 5.56 Å². The third-order valence-corrected chi connectivity index (χ3v) is 3.43. The minimum atomic E-state index is -0.689. The number of carbonyl (C=O) groups is 1. The maximum absolute atomic E-state index is 11.9. The summed E-state index contributed by atoms with van der Waals surface area (Å²) in [6.45, 7) is 3.64. The third kappa shape index (κ3) is 3.41. The number of benzene rings is 1. The van der Waals surface area contributed by atoms with Gasteiger partial charge in [-0.3, -0.25) is 0 Å². The summed E-state index contributed by atoms with van der Waals surface area (Å²) in [6.07, 6.45) is 3.62. The highest BCUT2D eigenvalue weighted by Gasteiger charge is 2.32. The molecule has 21 heavy (non-hydrogen) atoms. The van der Waals surface area contributed by atoms with Gasteiger partial charge in [-0.2, -0.15) is 0 Å². The monoisotopic (exact) mass is 286 g/mol. The van der Waals surface area contributed by atoms with Crippen molar-refractivity contribution < 1.29 is 19.1 Å². The zero-order valence-electron chi connectivity index (χ0n) is 11.7. The molecule has 0 aliphatic rings. The number of carbonyl (C=O) groups excluding carboxylic acids is 1. The lowest BCUT2D eigenvalue weighted by Gasteiger charge is -2.30. The number of furan rings is 1. The van der Waals surface area contributed by atoms with Crippen LogP contribution in [0.5, 0.6) is 0 Å². The quantitative estimate of drug-likeness (QED) is 0.628. The van der Waals surface area contributed by atoms with Crippen LogP contribution >= 0.6 is 0 Å². The first kappa shape index (κ1) is 15.1. The van der Waals surface area contributed by atoms with E-state index in [9.17, 15) is 9.90 Å². The van der Waals surface area contributed by atoms with Crippen LogP contribution in [0.3, 0.4) is 0 Å². The van der Waals surface area contributed by atoms with Gasteiger partial charge in [-0.05, 0) is 24.1 Å². The number of allylic oxidation sites excluding steroid dienone is 1. The Balaban J connectivity index is 2.17. The summed E-state index contributed by atoms with van der Waals surface area (Å²) in [5.74, 6) is -0.397. The van der Waals surface area contributed by atoms with Crippen LogP contribution in [-0.2, 0) is 10.2 Å². The van der Waals surface area contributed by atoms with Crippen LogP contribution in [0.15, 0.2) is 65.8 Å². The highest BCUT2D eigenvalue weighted by Crippen LogP contribution is 2.29. The van der Waals surface area contributed by atoms with Crippen molar-refractivity contribution in [1.82, 2.24) is 0 Å². The van der Waals surface area contributed by atoms with Gasteiger partial charge >= 0.3 is 5.97 Å². The van der Waals surface area contributed by atoms with Crippen LogP contribution in [0.1, 0.15) is 22.5 Å². The smallest absolute Gasteiger partial charge is 0.374 e. The van der Waals surface area contributed by atoms with Gasteiger partial charge in [0.15, 0.2) is 0 Å². The van der Waals surface area contributed by atoms with Crippen molar-refractivity contribution in [3.8, 4) is 0 Å². The number of esters is 1. The summed E-state index contributed by atoms with van der Waals surface area (Å²) >= 11 is 0. The van der Waals surface area contributed by atoms with Crippen LogP contribution in [0.2, 0.25) is 0 Å². The standard InChI is InChI=1S/C17H18O4/c1-2-10-17(12-18,14-7-4-3-5-8-14)13-21-16(19)15-9-6-11-20-15/h2-9,11,18H,1,10,12-13H2/t17-/m0/s1. The summed E-state index contributed by atoms with van der Waals surface area (Å²) in [6, 6.07) is 12.6. The molecule has 0 amide bonds. The van der Waals surface area contributed by atoms with Gasteiger partial charge in [0, 0.05) is 0 Å². The van der Waals surface area contributed by atoms with Gasteiger partial charge in [-0.25, -0.2) is 4.79 Å². The van der Waals surface area contributed by atoms with Crippen LogP contribution in [-0.4, -0.2) is 24.3 Å². The Labute approximate surface area is 123 Å². The molecule has 4 nitrogen and oxygen atoms in total. The van der Waals surface area contributed by atoms with E-state index in [4.69, 9.17) is 9.15 Å². The number of hydrogen-bond donors (Lipinski definition) is 1. The fourth-order valence-electron chi connectivity index (χ4n) is 2.20. The Morgan fingerprint density at radius 2 is 2.05 bits per heavy atom. The van der Waals surface area contributed by atoms with Gasteiger partial charge in [-0.1, -0.05) is 36.4 Å². The molecule has 0 aliphatic carbocycles. The molecule has 1 aromatic heterocycles. The molecule has 0 unspecified atom stereocenters. The lowest BCUT2D eigenvalue weighted by atomic mass is 9.79. The molecule has 0 fully saturated rings. The summed E-state index contributed by atoms with van der Waals surface area (Å²) in [7, 11) is 0. The SMILES string of the molecule is C=CC[C@](CO)(COC(=O)c1ccco1)c1ccccc1. The lowest BCUT2D eigenvalue weighted by molar-refractivity contribution is 0.0288. The van der Waals surface area contributed by atoms with E-state index in [-0.39, 0.29) is 19.0 Å². The molecule has 0 radical (unpaired) electrons. The Morgan fingerprint density at radius 3 is 2.62 bits per heavy atom. The van der Waals surface area contributed by atoms with E-state index >= 15 is 0 Å². The highest BCUT2D eigenvalue weighted by atomic mass is 16.5. The second-order valence-corrected chi connectivity index (χ2v) is 4.85. The van der Waals surface area contributed by atoms with Gasteiger partial charge < -0.3 is 14.3 Å². The molecule has 0 saturated carbocycles. The molecule has 0 bridgehead atoms. The molecule has 1 atom stereocenters. The van der Waals surface area contributed by atoms with Gasteiger partial charge in [-0.15, -0.1) is 6.58 Å². The molecule has 1 heterocycles. The Kier molecular flexibility index (Phi) is 4.95. The first-order valence-corrected chi connectivity index (χ1v) is 6.70. The summed E-state index contributed by atoms with van der Waals surface area (Å²) in [4.78, 5) is 11.9. The fraction of sp³-hybridized carbons (Fsp3) is 0.235. The van der Waals surface area contributed by atoms with Gasteiger partial charge in [0.2, 0.25) is 5.76 Å². The van der Waals surface area contributed by atoms with E-state index < -0.39 is 11.4 Å². The zero-order chi connectivity index (χ0) is 15.1. The molecule has 0 spiro atoms. The van der Waals surface area contributed by atoms with E-state index in [0.29, 0.717) is 6.42 Å². The lowest BCUT2D eigenvalue weighted by Crippen LogP contribution is -2.36. The van der Waals surface area contributed by atoms with Crippen LogP contribution in [0, 0.1) is 0 Å².